The second kappa shape index (κ2) is 8.84. The van der Waals surface area contributed by atoms with Crippen LogP contribution in [-0.4, -0.2) is 30.9 Å². The van der Waals surface area contributed by atoms with Crippen LogP contribution in [0.25, 0.3) is 0 Å². The number of amides is 3. The van der Waals surface area contributed by atoms with Crippen LogP contribution in [0.3, 0.4) is 0 Å². The predicted molar refractivity (Wildman–Crippen MR) is 94.3 cm³/mol. The van der Waals surface area contributed by atoms with Crippen LogP contribution in [0.2, 0.25) is 0 Å². The average molecular weight is 361 g/mol. The molecule has 0 atom stereocenters. The summed E-state index contributed by atoms with van der Waals surface area (Å²) in [6, 6.07) is 10.8. The third kappa shape index (κ3) is 6.27. The second-order valence-corrected chi connectivity index (χ2v) is 6.58. The molecule has 0 bridgehead atoms. The minimum Gasteiger partial charge on any atom is -0.484 e. The minimum absolute atomic E-state index is 0.232. The van der Waals surface area contributed by atoms with Crippen LogP contribution < -0.4 is 20.9 Å². The monoisotopic (exact) mass is 361 g/mol. The third-order valence-corrected chi connectivity index (χ3v) is 4.07. The molecule has 0 radical (unpaired) electrons. The van der Waals surface area contributed by atoms with E-state index in [1.165, 1.54) is 11.3 Å². The highest BCUT2D eigenvalue weighted by atomic mass is 32.1. The number of thiophene rings is 1. The van der Waals surface area contributed by atoms with Gasteiger partial charge in [0.1, 0.15) is 5.75 Å². The summed E-state index contributed by atoms with van der Waals surface area (Å²) in [5, 5.41) is 2.48. The SMILES string of the molecule is Cc1cccc(OCC(=O)NNC(=O)CNC(=O)c2ccc(C)s2)c1. The van der Waals surface area contributed by atoms with Crippen LogP contribution in [-0.2, 0) is 9.59 Å². The Labute approximate surface area is 149 Å². The molecule has 8 heteroatoms. The molecule has 0 saturated heterocycles. The summed E-state index contributed by atoms with van der Waals surface area (Å²) in [5.74, 6) is -0.803. The maximum Gasteiger partial charge on any atom is 0.276 e. The summed E-state index contributed by atoms with van der Waals surface area (Å²) in [7, 11) is 0. The number of rotatable bonds is 6. The molecule has 0 spiro atoms. The largest absolute Gasteiger partial charge is 0.484 e. The topological polar surface area (TPSA) is 96.5 Å². The highest BCUT2D eigenvalue weighted by Gasteiger charge is 2.10. The van der Waals surface area contributed by atoms with Gasteiger partial charge in [0.15, 0.2) is 6.61 Å². The van der Waals surface area contributed by atoms with Gasteiger partial charge in [-0.1, -0.05) is 12.1 Å². The predicted octanol–water partition coefficient (Wildman–Crippen LogP) is 1.32. The van der Waals surface area contributed by atoms with Gasteiger partial charge < -0.3 is 10.1 Å². The van der Waals surface area contributed by atoms with Gasteiger partial charge in [0, 0.05) is 4.88 Å². The first kappa shape index (κ1) is 18.5. The summed E-state index contributed by atoms with van der Waals surface area (Å²) < 4.78 is 5.31. The van der Waals surface area contributed by atoms with E-state index in [0.29, 0.717) is 10.6 Å². The zero-order chi connectivity index (χ0) is 18.2. The summed E-state index contributed by atoms with van der Waals surface area (Å²) in [6.45, 7) is 3.33. The van der Waals surface area contributed by atoms with Crippen LogP contribution in [0, 0.1) is 13.8 Å². The molecule has 0 aliphatic heterocycles. The van der Waals surface area contributed by atoms with Crippen molar-refractivity contribution in [2.24, 2.45) is 0 Å². The fourth-order valence-electron chi connectivity index (χ4n) is 1.88. The van der Waals surface area contributed by atoms with E-state index in [1.807, 2.05) is 32.0 Å². The minimum atomic E-state index is -0.537. The standard InChI is InChI=1S/C17H19N3O4S/c1-11-4-3-5-13(8-11)24-10-16(22)20-19-15(21)9-18-17(23)14-7-6-12(2)25-14/h3-8H,9-10H2,1-2H3,(H,18,23)(H,19,21)(H,20,22). The fraction of sp³-hybridized carbons (Fsp3) is 0.235. The lowest BCUT2D eigenvalue weighted by molar-refractivity contribution is -0.129. The molecule has 3 amide bonds. The van der Waals surface area contributed by atoms with Gasteiger partial charge in [0.05, 0.1) is 11.4 Å². The number of hydrogen-bond acceptors (Lipinski definition) is 5. The number of hydrogen-bond donors (Lipinski definition) is 3. The zero-order valence-corrected chi connectivity index (χ0v) is 14.7. The molecule has 0 unspecified atom stereocenters. The number of carbonyl (C=O) groups excluding carboxylic acids is 3. The van der Waals surface area contributed by atoms with E-state index in [4.69, 9.17) is 4.74 Å². The Hall–Kier alpha value is -2.87. The molecule has 1 aromatic carbocycles. The first-order valence-corrected chi connectivity index (χ1v) is 8.37. The smallest absolute Gasteiger partial charge is 0.276 e. The average Bonchev–Trinajstić information content (AvgIpc) is 3.02. The quantitative estimate of drug-likeness (QED) is 0.676. The van der Waals surface area contributed by atoms with Crippen LogP contribution in [0.5, 0.6) is 5.75 Å². The molecule has 0 aliphatic carbocycles. The van der Waals surface area contributed by atoms with E-state index in [1.54, 1.807) is 18.2 Å². The summed E-state index contributed by atoms with van der Waals surface area (Å²) in [6.07, 6.45) is 0. The Morgan fingerprint density at radius 1 is 1.04 bits per heavy atom. The molecule has 0 saturated carbocycles. The second-order valence-electron chi connectivity index (χ2n) is 5.29. The summed E-state index contributed by atoms with van der Waals surface area (Å²) in [5.41, 5.74) is 5.45. The zero-order valence-electron chi connectivity index (χ0n) is 13.9. The normalized spacial score (nSPS) is 10.0. The van der Waals surface area contributed by atoms with E-state index in [-0.39, 0.29) is 19.1 Å². The van der Waals surface area contributed by atoms with Crippen molar-refractivity contribution in [3.8, 4) is 5.75 Å². The Kier molecular flexibility index (Phi) is 6.53. The van der Waals surface area contributed by atoms with Gasteiger partial charge in [0.2, 0.25) is 0 Å². The molecule has 0 fully saturated rings. The highest BCUT2D eigenvalue weighted by Crippen LogP contribution is 2.14. The Balaban J connectivity index is 1.65. The van der Waals surface area contributed by atoms with Gasteiger partial charge >= 0.3 is 0 Å². The lowest BCUT2D eigenvalue weighted by Crippen LogP contribution is -2.47. The summed E-state index contributed by atoms with van der Waals surface area (Å²) >= 11 is 1.34. The highest BCUT2D eigenvalue weighted by molar-refractivity contribution is 7.13. The van der Waals surface area contributed by atoms with Gasteiger partial charge in [-0.05, 0) is 43.7 Å². The van der Waals surface area contributed by atoms with Gasteiger partial charge in [0.25, 0.3) is 17.7 Å². The van der Waals surface area contributed by atoms with Crippen molar-refractivity contribution in [2.45, 2.75) is 13.8 Å². The number of hydrazine groups is 1. The molecule has 7 nitrogen and oxygen atoms in total. The van der Waals surface area contributed by atoms with Crippen molar-refractivity contribution in [1.29, 1.82) is 0 Å². The molecule has 132 valence electrons. The molecule has 25 heavy (non-hydrogen) atoms. The van der Waals surface area contributed by atoms with Crippen LogP contribution in [0.4, 0.5) is 0 Å². The lowest BCUT2D eigenvalue weighted by Gasteiger charge is -2.09. The van der Waals surface area contributed by atoms with Crippen molar-refractivity contribution >= 4 is 29.1 Å². The van der Waals surface area contributed by atoms with Crippen molar-refractivity contribution in [2.75, 3.05) is 13.2 Å². The maximum atomic E-state index is 11.8. The van der Waals surface area contributed by atoms with Crippen LogP contribution in [0.1, 0.15) is 20.1 Å². The van der Waals surface area contributed by atoms with E-state index < -0.39 is 11.8 Å². The molecule has 1 aromatic heterocycles. The summed E-state index contributed by atoms with van der Waals surface area (Å²) in [4.78, 5) is 36.6. The van der Waals surface area contributed by atoms with Crippen LogP contribution in [0.15, 0.2) is 36.4 Å². The number of ether oxygens (including phenoxy) is 1. The lowest BCUT2D eigenvalue weighted by atomic mass is 10.2. The number of nitrogens with one attached hydrogen (secondary N) is 3. The van der Waals surface area contributed by atoms with E-state index >= 15 is 0 Å². The van der Waals surface area contributed by atoms with E-state index in [0.717, 1.165) is 10.4 Å². The number of carbonyl (C=O) groups is 3. The molecule has 0 aliphatic rings. The molecular formula is C17H19N3O4S. The molecule has 2 rings (SSSR count). The van der Waals surface area contributed by atoms with Crippen molar-refractivity contribution in [3.63, 3.8) is 0 Å². The first-order chi connectivity index (χ1) is 11.9. The third-order valence-electron chi connectivity index (χ3n) is 3.07. The van der Waals surface area contributed by atoms with Crippen molar-refractivity contribution < 1.29 is 19.1 Å². The molecular weight excluding hydrogens is 342 g/mol. The van der Waals surface area contributed by atoms with Gasteiger partial charge in [-0.25, -0.2) is 0 Å². The number of aryl methyl sites for hydroxylation is 2. The van der Waals surface area contributed by atoms with Gasteiger partial charge in [-0.2, -0.15) is 0 Å². The number of benzene rings is 1. The Morgan fingerprint density at radius 2 is 1.80 bits per heavy atom. The van der Waals surface area contributed by atoms with Gasteiger partial charge in [-0.15, -0.1) is 11.3 Å². The maximum absolute atomic E-state index is 11.8. The molecule has 1 heterocycles. The van der Waals surface area contributed by atoms with Crippen molar-refractivity contribution in [1.82, 2.24) is 16.2 Å². The Bertz CT molecular complexity index is 773. The molecule has 2 aromatic rings. The first-order valence-electron chi connectivity index (χ1n) is 7.56. The van der Waals surface area contributed by atoms with E-state index in [9.17, 15) is 14.4 Å². The molecule has 3 N–H and O–H groups in total. The fourth-order valence-corrected chi connectivity index (χ4v) is 2.66. The van der Waals surface area contributed by atoms with Crippen LogP contribution >= 0.6 is 11.3 Å². The van der Waals surface area contributed by atoms with E-state index in [2.05, 4.69) is 16.2 Å². The van der Waals surface area contributed by atoms with Crippen molar-refractivity contribution in [3.05, 3.63) is 51.7 Å². The Morgan fingerprint density at radius 3 is 2.48 bits per heavy atom. The van der Waals surface area contributed by atoms with Gasteiger partial charge in [-0.3, -0.25) is 25.2 Å².